The minimum atomic E-state index is 0.598. The van der Waals surface area contributed by atoms with Crippen LogP contribution >= 0.6 is 23.2 Å². The number of halogens is 2. The second-order valence-corrected chi connectivity index (χ2v) is 4.98. The van der Waals surface area contributed by atoms with Gasteiger partial charge in [-0.25, -0.2) is 0 Å². The van der Waals surface area contributed by atoms with Crippen molar-refractivity contribution in [2.45, 2.75) is 19.9 Å². The third kappa shape index (κ3) is 6.46. The molecule has 0 radical (unpaired) electrons. The molecular formula is C14H21Cl2N3O. The maximum atomic E-state index is 6.12. The minimum absolute atomic E-state index is 0.598. The Morgan fingerprint density at radius 2 is 2.10 bits per heavy atom. The van der Waals surface area contributed by atoms with E-state index < -0.39 is 0 Å². The van der Waals surface area contributed by atoms with Crippen LogP contribution in [0.4, 0.5) is 0 Å². The lowest BCUT2D eigenvalue weighted by Crippen LogP contribution is -2.37. The number of rotatable bonds is 7. The first-order valence-electron chi connectivity index (χ1n) is 6.63. The second kappa shape index (κ2) is 9.86. The van der Waals surface area contributed by atoms with Gasteiger partial charge in [-0.15, -0.1) is 0 Å². The summed E-state index contributed by atoms with van der Waals surface area (Å²) in [4.78, 5) is 4.15. The van der Waals surface area contributed by atoms with Gasteiger partial charge in [-0.1, -0.05) is 29.3 Å². The molecule has 0 saturated carbocycles. The Morgan fingerprint density at radius 1 is 1.30 bits per heavy atom. The molecule has 0 aliphatic rings. The van der Waals surface area contributed by atoms with E-state index in [2.05, 4.69) is 15.6 Å². The third-order valence-corrected chi connectivity index (χ3v) is 3.23. The quantitative estimate of drug-likeness (QED) is 0.461. The molecule has 1 rings (SSSR count). The fourth-order valence-corrected chi connectivity index (χ4v) is 2.07. The molecule has 0 aliphatic carbocycles. The molecule has 0 fully saturated rings. The average Bonchev–Trinajstić information content (AvgIpc) is 2.43. The van der Waals surface area contributed by atoms with Crippen LogP contribution in [0.25, 0.3) is 0 Å². The number of hydrogen-bond donors (Lipinski definition) is 2. The predicted octanol–water partition coefficient (Wildman–Crippen LogP) is 3.09. The molecule has 0 spiro atoms. The number of guanidine groups is 1. The molecule has 0 amide bonds. The number of nitrogens with zero attached hydrogens (tertiary/aromatic N) is 1. The normalized spacial score (nSPS) is 11.5. The van der Waals surface area contributed by atoms with Crippen molar-refractivity contribution in [2.24, 2.45) is 4.99 Å². The van der Waals surface area contributed by atoms with Gasteiger partial charge < -0.3 is 15.4 Å². The Balaban J connectivity index is 2.34. The Bertz CT molecular complexity index is 438. The average molecular weight is 318 g/mol. The first kappa shape index (κ1) is 17.1. The summed E-state index contributed by atoms with van der Waals surface area (Å²) in [7, 11) is 1.74. The largest absolute Gasteiger partial charge is 0.382 e. The molecule has 112 valence electrons. The van der Waals surface area contributed by atoms with E-state index in [1.54, 1.807) is 13.1 Å². The molecule has 2 N–H and O–H groups in total. The number of benzene rings is 1. The maximum absolute atomic E-state index is 6.12. The van der Waals surface area contributed by atoms with Crippen LogP contribution < -0.4 is 10.6 Å². The van der Waals surface area contributed by atoms with Crippen molar-refractivity contribution >= 4 is 29.2 Å². The van der Waals surface area contributed by atoms with Crippen LogP contribution in [0, 0.1) is 0 Å². The fraction of sp³-hybridized carbons (Fsp3) is 0.500. The molecule has 0 atom stereocenters. The monoisotopic (exact) mass is 317 g/mol. The molecule has 20 heavy (non-hydrogen) atoms. The summed E-state index contributed by atoms with van der Waals surface area (Å²) in [5.41, 5.74) is 0.980. The molecule has 0 aromatic heterocycles. The van der Waals surface area contributed by atoms with E-state index >= 15 is 0 Å². The van der Waals surface area contributed by atoms with Crippen molar-refractivity contribution in [1.29, 1.82) is 0 Å². The highest BCUT2D eigenvalue weighted by Crippen LogP contribution is 2.20. The fourth-order valence-electron chi connectivity index (χ4n) is 1.59. The standard InChI is InChI=1S/C14H21Cl2N3O/c1-3-20-8-4-7-18-14(17-2)19-10-11-5-6-12(15)9-13(11)16/h5-6,9H,3-4,7-8,10H2,1-2H3,(H2,17,18,19). The van der Waals surface area contributed by atoms with E-state index in [0.29, 0.717) is 16.6 Å². The van der Waals surface area contributed by atoms with E-state index in [9.17, 15) is 0 Å². The molecule has 0 heterocycles. The molecule has 4 nitrogen and oxygen atoms in total. The topological polar surface area (TPSA) is 45.6 Å². The highest BCUT2D eigenvalue weighted by atomic mass is 35.5. The highest BCUT2D eigenvalue weighted by molar-refractivity contribution is 6.35. The molecule has 0 aliphatic heterocycles. The van der Waals surface area contributed by atoms with Gasteiger partial charge in [0.2, 0.25) is 0 Å². The van der Waals surface area contributed by atoms with E-state index in [0.717, 1.165) is 37.7 Å². The summed E-state index contributed by atoms with van der Waals surface area (Å²) in [6.07, 6.45) is 0.941. The van der Waals surface area contributed by atoms with E-state index in [4.69, 9.17) is 27.9 Å². The van der Waals surface area contributed by atoms with Crippen molar-refractivity contribution in [2.75, 3.05) is 26.8 Å². The van der Waals surface area contributed by atoms with E-state index in [1.165, 1.54) is 0 Å². The maximum Gasteiger partial charge on any atom is 0.191 e. The second-order valence-electron chi connectivity index (χ2n) is 4.14. The Morgan fingerprint density at radius 3 is 2.75 bits per heavy atom. The molecule has 0 bridgehead atoms. The van der Waals surface area contributed by atoms with E-state index in [-0.39, 0.29) is 0 Å². The smallest absolute Gasteiger partial charge is 0.191 e. The van der Waals surface area contributed by atoms with Crippen molar-refractivity contribution in [3.63, 3.8) is 0 Å². The van der Waals surface area contributed by atoms with Gasteiger partial charge in [0.15, 0.2) is 5.96 Å². The number of nitrogens with one attached hydrogen (secondary N) is 2. The zero-order chi connectivity index (χ0) is 14.8. The molecule has 1 aromatic carbocycles. The summed E-state index contributed by atoms with van der Waals surface area (Å²) in [6.45, 7) is 4.91. The predicted molar refractivity (Wildman–Crippen MR) is 85.8 cm³/mol. The van der Waals surface area contributed by atoms with Crippen LogP contribution in [0.3, 0.4) is 0 Å². The molecular weight excluding hydrogens is 297 g/mol. The SMILES string of the molecule is CCOCCCNC(=NC)NCc1ccc(Cl)cc1Cl. The van der Waals surface area contributed by atoms with Gasteiger partial charge in [0.1, 0.15) is 0 Å². The third-order valence-electron chi connectivity index (χ3n) is 2.65. The summed E-state index contributed by atoms with van der Waals surface area (Å²) < 4.78 is 5.27. The van der Waals surface area contributed by atoms with Gasteiger partial charge in [0.05, 0.1) is 0 Å². The van der Waals surface area contributed by atoms with Crippen LogP contribution in [-0.2, 0) is 11.3 Å². The molecule has 0 saturated heterocycles. The van der Waals surface area contributed by atoms with Crippen LogP contribution in [0.2, 0.25) is 10.0 Å². The zero-order valence-corrected chi connectivity index (χ0v) is 13.4. The minimum Gasteiger partial charge on any atom is -0.382 e. The van der Waals surface area contributed by atoms with Crippen LogP contribution in [0.15, 0.2) is 23.2 Å². The first-order chi connectivity index (χ1) is 9.67. The van der Waals surface area contributed by atoms with Crippen LogP contribution in [-0.4, -0.2) is 32.8 Å². The number of hydrogen-bond acceptors (Lipinski definition) is 2. The lowest BCUT2D eigenvalue weighted by molar-refractivity contribution is 0.145. The van der Waals surface area contributed by atoms with Crippen molar-refractivity contribution in [3.05, 3.63) is 33.8 Å². The van der Waals surface area contributed by atoms with E-state index in [1.807, 2.05) is 19.1 Å². The van der Waals surface area contributed by atoms with Gasteiger partial charge in [-0.05, 0) is 31.0 Å². The van der Waals surface area contributed by atoms with Gasteiger partial charge >= 0.3 is 0 Å². The Kier molecular flexibility index (Phi) is 8.42. The summed E-state index contributed by atoms with van der Waals surface area (Å²) in [6, 6.07) is 5.46. The number of aliphatic imine (C=N–C) groups is 1. The summed E-state index contributed by atoms with van der Waals surface area (Å²) >= 11 is 12.0. The first-order valence-corrected chi connectivity index (χ1v) is 7.39. The summed E-state index contributed by atoms with van der Waals surface area (Å²) in [5, 5.41) is 7.71. The van der Waals surface area contributed by atoms with Gasteiger partial charge in [0, 0.05) is 43.4 Å². The van der Waals surface area contributed by atoms with Crippen LogP contribution in [0.1, 0.15) is 18.9 Å². The Hall–Kier alpha value is -0.970. The molecule has 6 heteroatoms. The van der Waals surface area contributed by atoms with Crippen molar-refractivity contribution in [1.82, 2.24) is 10.6 Å². The molecule has 0 unspecified atom stereocenters. The Labute approximate surface area is 130 Å². The number of ether oxygens (including phenoxy) is 1. The summed E-state index contributed by atoms with van der Waals surface area (Å²) in [5.74, 6) is 0.743. The van der Waals surface area contributed by atoms with Gasteiger partial charge in [0.25, 0.3) is 0 Å². The lowest BCUT2D eigenvalue weighted by Gasteiger charge is -2.12. The zero-order valence-electron chi connectivity index (χ0n) is 11.9. The van der Waals surface area contributed by atoms with Crippen molar-refractivity contribution in [3.8, 4) is 0 Å². The lowest BCUT2D eigenvalue weighted by atomic mass is 10.2. The van der Waals surface area contributed by atoms with Gasteiger partial charge in [-0.3, -0.25) is 4.99 Å². The van der Waals surface area contributed by atoms with Crippen molar-refractivity contribution < 1.29 is 4.74 Å². The molecule has 1 aromatic rings. The van der Waals surface area contributed by atoms with Crippen LogP contribution in [0.5, 0.6) is 0 Å². The van der Waals surface area contributed by atoms with Gasteiger partial charge in [-0.2, -0.15) is 0 Å². The highest BCUT2D eigenvalue weighted by Gasteiger charge is 2.02.